The Hall–Kier alpha value is 1.24. The minimum absolute atomic E-state index is 0.201. The molecule has 110 valence electrons. The van der Waals surface area contributed by atoms with E-state index in [1.54, 1.807) is 0 Å². The van der Waals surface area contributed by atoms with Gasteiger partial charge >= 0.3 is 0 Å². The number of unbranched alkanes of at least 4 members (excludes halogenated alkanes) is 2. The van der Waals surface area contributed by atoms with Gasteiger partial charge in [0.25, 0.3) is 0 Å². The van der Waals surface area contributed by atoms with Crippen LogP contribution in [0.5, 0.6) is 0 Å². The first kappa shape index (κ1) is 19.2. The molecule has 0 bridgehead atoms. The molecular formula is C13H27BrCl2OSi. The van der Waals surface area contributed by atoms with Crippen molar-refractivity contribution in [3.05, 3.63) is 0 Å². The lowest BCUT2D eigenvalue weighted by atomic mass is 10.1. The summed E-state index contributed by atoms with van der Waals surface area (Å²) < 4.78 is 5.35. The normalized spacial score (nSPS) is 14.0. The molecule has 0 N–H and O–H groups in total. The first-order chi connectivity index (χ1) is 8.02. The highest BCUT2D eigenvalue weighted by atomic mass is 79.9. The van der Waals surface area contributed by atoms with Gasteiger partial charge in [-0.15, -0.1) is 0 Å². The number of hydrogen-bond acceptors (Lipinski definition) is 1. The molecule has 5 heteroatoms. The standard InChI is InChI=1S/C13H27BrCl2OSi/c1-12(2,3)18(4,5)17-11-13(15,16)9-7-6-8-10-14/h6-11H2,1-5H3. The minimum Gasteiger partial charge on any atom is -0.414 e. The van der Waals surface area contributed by atoms with Crippen LogP contribution in [0.2, 0.25) is 18.1 Å². The largest absolute Gasteiger partial charge is 0.414 e. The predicted octanol–water partition coefficient (Wildman–Crippen LogP) is 6.14. The molecule has 0 heterocycles. The molecular weight excluding hydrogens is 351 g/mol. The van der Waals surface area contributed by atoms with E-state index in [4.69, 9.17) is 27.6 Å². The van der Waals surface area contributed by atoms with E-state index in [0.717, 1.165) is 24.6 Å². The molecule has 0 spiro atoms. The van der Waals surface area contributed by atoms with Crippen molar-refractivity contribution in [3.8, 4) is 0 Å². The summed E-state index contributed by atoms with van der Waals surface area (Å²) in [5.74, 6) is 0. The Morgan fingerprint density at radius 1 is 1.06 bits per heavy atom. The lowest BCUT2D eigenvalue weighted by molar-refractivity contribution is 0.268. The highest BCUT2D eigenvalue weighted by Gasteiger charge is 2.39. The van der Waals surface area contributed by atoms with Crippen molar-refractivity contribution in [3.63, 3.8) is 0 Å². The van der Waals surface area contributed by atoms with Gasteiger partial charge in [-0.2, -0.15) is 0 Å². The zero-order valence-electron chi connectivity index (χ0n) is 12.3. The van der Waals surface area contributed by atoms with Gasteiger partial charge in [-0.25, -0.2) is 0 Å². The summed E-state index contributed by atoms with van der Waals surface area (Å²) in [5, 5.41) is 1.25. The van der Waals surface area contributed by atoms with Crippen LogP contribution in [0.3, 0.4) is 0 Å². The molecule has 0 aromatic heterocycles. The van der Waals surface area contributed by atoms with E-state index < -0.39 is 12.7 Å². The van der Waals surface area contributed by atoms with Crippen LogP contribution in [0, 0.1) is 0 Å². The van der Waals surface area contributed by atoms with Gasteiger partial charge in [-0.3, -0.25) is 0 Å². The van der Waals surface area contributed by atoms with Gasteiger partial charge < -0.3 is 4.43 Å². The Balaban J connectivity index is 4.10. The molecule has 0 fully saturated rings. The fourth-order valence-corrected chi connectivity index (χ4v) is 3.23. The van der Waals surface area contributed by atoms with Crippen LogP contribution in [0.1, 0.15) is 46.5 Å². The van der Waals surface area contributed by atoms with Crippen LogP contribution in [0.4, 0.5) is 0 Å². The monoisotopic (exact) mass is 376 g/mol. The van der Waals surface area contributed by atoms with Crippen LogP contribution in [-0.4, -0.2) is 24.6 Å². The van der Waals surface area contributed by atoms with Crippen molar-refractivity contribution < 1.29 is 4.43 Å². The van der Waals surface area contributed by atoms with E-state index in [2.05, 4.69) is 49.8 Å². The van der Waals surface area contributed by atoms with E-state index >= 15 is 0 Å². The van der Waals surface area contributed by atoms with E-state index in [1.165, 1.54) is 6.42 Å². The zero-order valence-corrected chi connectivity index (χ0v) is 16.4. The molecule has 0 saturated carbocycles. The van der Waals surface area contributed by atoms with Gasteiger partial charge in [0.2, 0.25) is 0 Å². The molecule has 18 heavy (non-hydrogen) atoms. The van der Waals surface area contributed by atoms with Gasteiger partial charge in [0, 0.05) is 5.33 Å². The van der Waals surface area contributed by atoms with Crippen molar-refractivity contribution in [2.24, 2.45) is 0 Å². The number of alkyl halides is 3. The molecule has 0 aliphatic rings. The average molecular weight is 378 g/mol. The summed E-state index contributed by atoms with van der Waals surface area (Å²) in [6.07, 6.45) is 4.19. The molecule has 0 amide bonds. The number of halogens is 3. The molecule has 0 aliphatic carbocycles. The Bertz CT molecular complexity index is 240. The highest BCUT2D eigenvalue weighted by molar-refractivity contribution is 9.09. The van der Waals surface area contributed by atoms with Crippen LogP contribution in [0.15, 0.2) is 0 Å². The maximum atomic E-state index is 6.32. The third-order valence-electron chi connectivity index (χ3n) is 3.63. The lowest BCUT2D eigenvalue weighted by Gasteiger charge is -2.37. The van der Waals surface area contributed by atoms with Crippen LogP contribution >= 0.6 is 39.1 Å². The summed E-state index contributed by atoms with van der Waals surface area (Å²) in [5.41, 5.74) is 0. The van der Waals surface area contributed by atoms with Crippen molar-refractivity contribution in [1.82, 2.24) is 0 Å². The third-order valence-corrected chi connectivity index (χ3v) is 9.26. The average Bonchev–Trinajstić information content (AvgIpc) is 2.21. The number of rotatable bonds is 8. The second kappa shape index (κ2) is 7.87. The quantitative estimate of drug-likeness (QED) is 0.280. The topological polar surface area (TPSA) is 9.23 Å². The van der Waals surface area contributed by atoms with Gasteiger partial charge in [0.15, 0.2) is 8.32 Å². The maximum Gasteiger partial charge on any atom is 0.192 e. The second-order valence-electron chi connectivity index (χ2n) is 6.40. The molecule has 1 nitrogen and oxygen atoms in total. The zero-order chi connectivity index (χ0) is 14.4. The van der Waals surface area contributed by atoms with Crippen molar-refractivity contribution in [1.29, 1.82) is 0 Å². The Morgan fingerprint density at radius 2 is 1.61 bits per heavy atom. The summed E-state index contributed by atoms with van der Waals surface area (Å²) in [6.45, 7) is 11.6. The minimum atomic E-state index is -1.75. The van der Waals surface area contributed by atoms with Gasteiger partial charge in [0.1, 0.15) is 4.33 Å². The molecule has 0 unspecified atom stereocenters. The molecule has 0 rings (SSSR count). The van der Waals surface area contributed by atoms with Crippen LogP contribution in [-0.2, 0) is 4.43 Å². The highest BCUT2D eigenvalue weighted by Crippen LogP contribution is 2.38. The van der Waals surface area contributed by atoms with Gasteiger partial charge in [-0.05, 0) is 31.0 Å². The van der Waals surface area contributed by atoms with E-state index in [9.17, 15) is 0 Å². The summed E-state index contributed by atoms with van der Waals surface area (Å²) in [6, 6.07) is 0. The molecule has 0 aliphatic heterocycles. The fourth-order valence-electron chi connectivity index (χ4n) is 1.23. The summed E-state index contributed by atoms with van der Waals surface area (Å²) in [7, 11) is -1.75. The first-order valence-corrected chi connectivity index (χ1v) is 11.4. The van der Waals surface area contributed by atoms with Gasteiger partial charge in [-0.1, -0.05) is 72.7 Å². The summed E-state index contributed by atoms with van der Waals surface area (Å²) >= 11 is 16.1. The fraction of sp³-hybridized carbons (Fsp3) is 1.00. The lowest BCUT2D eigenvalue weighted by Crippen LogP contribution is -2.43. The third kappa shape index (κ3) is 7.74. The Labute approximate surface area is 132 Å². The number of hydrogen-bond donors (Lipinski definition) is 0. The second-order valence-corrected chi connectivity index (χ2v) is 13.6. The Morgan fingerprint density at radius 3 is 2.06 bits per heavy atom. The molecule has 0 radical (unpaired) electrons. The first-order valence-electron chi connectivity index (χ1n) is 6.60. The molecule has 0 aromatic carbocycles. The predicted molar refractivity (Wildman–Crippen MR) is 89.8 cm³/mol. The van der Waals surface area contributed by atoms with E-state index in [0.29, 0.717) is 6.61 Å². The molecule has 0 saturated heterocycles. The van der Waals surface area contributed by atoms with E-state index in [1.807, 2.05) is 0 Å². The smallest absolute Gasteiger partial charge is 0.192 e. The van der Waals surface area contributed by atoms with Crippen LogP contribution in [0.25, 0.3) is 0 Å². The molecule has 0 aromatic rings. The summed E-state index contributed by atoms with van der Waals surface area (Å²) in [4.78, 5) is 0. The van der Waals surface area contributed by atoms with Gasteiger partial charge in [0.05, 0.1) is 6.61 Å². The molecule has 0 atom stereocenters. The van der Waals surface area contributed by atoms with Crippen molar-refractivity contribution in [2.75, 3.05) is 11.9 Å². The Kier molecular flexibility index (Phi) is 8.41. The van der Waals surface area contributed by atoms with Crippen LogP contribution < -0.4 is 0 Å². The van der Waals surface area contributed by atoms with E-state index in [-0.39, 0.29) is 5.04 Å². The SMILES string of the molecule is CC(C)(C)[Si](C)(C)OCC(Cl)(Cl)CCCCCBr. The van der Waals surface area contributed by atoms with Crippen molar-refractivity contribution >= 4 is 47.4 Å². The van der Waals surface area contributed by atoms with Crippen molar-refractivity contribution in [2.45, 2.75) is 68.9 Å². The maximum absolute atomic E-state index is 6.32.